The summed E-state index contributed by atoms with van der Waals surface area (Å²) in [5.74, 6) is -3.66. The molecular formula is C14H23NO5. The number of hydrogen-bond acceptors (Lipinski definition) is 3. The van der Waals surface area contributed by atoms with Gasteiger partial charge in [-0.3, -0.25) is 9.59 Å². The summed E-state index contributed by atoms with van der Waals surface area (Å²) in [5.41, 5.74) is 0. The van der Waals surface area contributed by atoms with Crippen LogP contribution in [-0.4, -0.2) is 34.1 Å². The maximum Gasteiger partial charge on any atom is 0.326 e. The van der Waals surface area contributed by atoms with Gasteiger partial charge in [-0.05, 0) is 25.2 Å². The van der Waals surface area contributed by atoms with Crippen molar-refractivity contribution in [2.45, 2.75) is 52.0 Å². The summed E-state index contributed by atoms with van der Waals surface area (Å²) in [7, 11) is 0. The third-order valence-corrected chi connectivity index (χ3v) is 3.74. The van der Waals surface area contributed by atoms with E-state index in [0.717, 1.165) is 12.8 Å². The molecule has 0 heterocycles. The van der Waals surface area contributed by atoms with E-state index in [1.165, 1.54) is 0 Å². The Morgan fingerprint density at radius 1 is 1.10 bits per heavy atom. The second kappa shape index (κ2) is 7.26. The van der Waals surface area contributed by atoms with Crippen molar-refractivity contribution in [3.63, 3.8) is 0 Å². The quantitative estimate of drug-likeness (QED) is 0.686. The first-order valence-electron chi connectivity index (χ1n) is 7.09. The van der Waals surface area contributed by atoms with Crippen molar-refractivity contribution in [3.05, 3.63) is 0 Å². The van der Waals surface area contributed by atoms with E-state index in [0.29, 0.717) is 19.3 Å². The van der Waals surface area contributed by atoms with Crippen LogP contribution in [0.3, 0.4) is 0 Å². The normalized spacial score (nSPS) is 24.1. The second-order valence-corrected chi connectivity index (χ2v) is 5.86. The molecule has 114 valence electrons. The molecule has 1 rings (SSSR count). The number of carbonyl (C=O) groups excluding carboxylic acids is 1. The van der Waals surface area contributed by atoms with Gasteiger partial charge in [0.05, 0.1) is 11.8 Å². The lowest BCUT2D eigenvalue weighted by Gasteiger charge is -2.28. The van der Waals surface area contributed by atoms with E-state index < -0.39 is 35.7 Å². The fourth-order valence-corrected chi connectivity index (χ4v) is 2.71. The van der Waals surface area contributed by atoms with Crippen LogP contribution in [0.1, 0.15) is 46.0 Å². The third kappa shape index (κ3) is 4.51. The molecular weight excluding hydrogens is 262 g/mol. The minimum atomic E-state index is -1.07. The average molecular weight is 285 g/mol. The van der Waals surface area contributed by atoms with E-state index in [1.807, 2.05) is 13.8 Å². The zero-order valence-corrected chi connectivity index (χ0v) is 12.0. The Kier molecular flexibility index (Phi) is 5.98. The maximum absolute atomic E-state index is 12.2. The molecule has 0 saturated heterocycles. The molecule has 1 amide bonds. The number of carbonyl (C=O) groups is 3. The summed E-state index contributed by atoms with van der Waals surface area (Å²) in [4.78, 5) is 34.5. The summed E-state index contributed by atoms with van der Waals surface area (Å²) >= 11 is 0. The maximum atomic E-state index is 12.2. The van der Waals surface area contributed by atoms with Crippen LogP contribution in [0.25, 0.3) is 0 Å². The van der Waals surface area contributed by atoms with Crippen LogP contribution in [0.5, 0.6) is 0 Å². The van der Waals surface area contributed by atoms with Crippen LogP contribution < -0.4 is 5.32 Å². The number of nitrogens with one attached hydrogen (secondary N) is 1. The number of rotatable bonds is 6. The number of amides is 1. The van der Waals surface area contributed by atoms with Gasteiger partial charge in [-0.2, -0.15) is 0 Å². The van der Waals surface area contributed by atoms with Crippen LogP contribution in [0.4, 0.5) is 0 Å². The topological polar surface area (TPSA) is 104 Å². The lowest BCUT2D eigenvalue weighted by Crippen LogP contribution is -2.47. The fraction of sp³-hybridized carbons (Fsp3) is 0.786. The Morgan fingerprint density at radius 3 is 2.10 bits per heavy atom. The van der Waals surface area contributed by atoms with Gasteiger partial charge in [-0.15, -0.1) is 0 Å². The van der Waals surface area contributed by atoms with Gasteiger partial charge < -0.3 is 15.5 Å². The van der Waals surface area contributed by atoms with Gasteiger partial charge >= 0.3 is 11.9 Å². The van der Waals surface area contributed by atoms with Crippen molar-refractivity contribution < 1.29 is 24.6 Å². The molecule has 1 aliphatic rings. The summed E-state index contributed by atoms with van der Waals surface area (Å²) in [5, 5.41) is 20.8. The molecule has 1 saturated carbocycles. The molecule has 0 bridgehead atoms. The minimum absolute atomic E-state index is 0.137. The molecule has 0 spiro atoms. The molecule has 0 aromatic heterocycles. The van der Waals surface area contributed by atoms with Crippen molar-refractivity contribution >= 4 is 17.8 Å². The predicted molar refractivity (Wildman–Crippen MR) is 72.1 cm³/mol. The molecule has 1 fully saturated rings. The molecule has 0 radical (unpaired) electrons. The van der Waals surface area contributed by atoms with E-state index in [2.05, 4.69) is 5.32 Å². The van der Waals surface area contributed by atoms with Gasteiger partial charge in [0.2, 0.25) is 5.91 Å². The molecule has 20 heavy (non-hydrogen) atoms. The minimum Gasteiger partial charge on any atom is -0.481 e. The highest BCUT2D eigenvalue weighted by Crippen LogP contribution is 2.30. The smallest absolute Gasteiger partial charge is 0.326 e. The molecule has 0 aromatic rings. The standard InChI is InChI=1S/C14H23NO5/c1-8(2)7-11(14(19)20)15-12(16)9-5-3-4-6-10(9)13(17)18/h8-11H,3-7H2,1-2H3,(H,15,16)(H,17,18)(H,19,20)/t9-,10+,11?/m1/s1. The van der Waals surface area contributed by atoms with Crippen LogP contribution >= 0.6 is 0 Å². The first kappa shape index (κ1) is 16.5. The first-order chi connectivity index (χ1) is 9.32. The highest BCUT2D eigenvalue weighted by atomic mass is 16.4. The lowest BCUT2D eigenvalue weighted by atomic mass is 9.78. The molecule has 3 N–H and O–H groups in total. The van der Waals surface area contributed by atoms with E-state index in [1.54, 1.807) is 0 Å². The Labute approximate surface area is 118 Å². The number of carboxylic acid groups (broad SMARTS) is 2. The highest BCUT2D eigenvalue weighted by molar-refractivity contribution is 5.88. The lowest BCUT2D eigenvalue weighted by molar-refractivity contribution is -0.150. The van der Waals surface area contributed by atoms with Crippen molar-refractivity contribution in [2.24, 2.45) is 17.8 Å². The SMILES string of the molecule is CC(C)CC(NC(=O)[C@@H]1CCCC[C@@H]1C(=O)O)C(=O)O. The monoisotopic (exact) mass is 285 g/mol. The summed E-state index contributed by atoms with van der Waals surface area (Å²) in [6.45, 7) is 3.76. The third-order valence-electron chi connectivity index (χ3n) is 3.74. The van der Waals surface area contributed by atoms with Gasteiger partial charge in [0.1, 0.15) is 6.04 Å². The highest BCUT2D eigenvalue weighted by Gasteiger charge is 2.37. The van der Waals surface area contributed by atoms with Crippen molar-refractivity contribution in [2.75, 3.05) is 0 Å². The summed E-state index contributed by atoms with van der Waals surface area (Å²) in [6, 6.07) is -0.945. The zero-order chi connectivity index (χ0) is 15.3. The van der Waals surface area contributed by atoms with Crippen molar-refractivity contribution in [1.29, 1.82) is 0 Å². The van der Waals surface area contributed by atoms with Gasteiger partial charge in [-0.25, -0.2) is 4.79 Å². The van der Waals surface area contributed by atoms with Crippen LogP contribution in [0, 0.1) is 17.8 Å². The van der Waals surface area contributed by atoms with Gasteiger partial charge in [0.25, 0.3) is 0 Å². The molecule has 0 aliphatic heterocycles. The number of carboxylic acids is 2. The number of aliphatic carboxylic acids is 2. The van der Waals surface area contributed by atoms with Crippen LogP contribution in [-0.2, 0) is 14.4 Å². The van der Waals surface area contributed by atoms with Gasteiger partial charge in [0, 0.05) is 0 Å². The Balaban J connectivity index is 2.71. The zero-order valence-electron chi connectivity index (χ0n) is 12.0. The van der Waals surface area contributed by atoms with Gasteiger partial charge in [0.15, 0.2) is 0 Å². The van der Waals surface area contributed by atoms with E-state index in [9.17, 15) is 14.4 Å². The van der Waals surface area contributed by atoms with Crippen LogP contribution in [0.15, 0.2) is 0 Å². The average Bonchev–Trinajstić information content (AvgIpc) is 2.37. The second-order valence-electron chi connectivity index (χ2n) is 5.86. The molecule has 6 nitrogen and oxygen atoms in total. The fourth-order valence-electron chi connectivity index (χ4n) is 2.71. The largest absolute Gasteiger partial charge is 0.481 e. The Hall–Kier alpha value is -1.59. The van der Waals surface area contributed by atoms with Crippen molar-refractivity contribution in [3.8, 4) is 0 Å². The van der Waals surface area contributed by atoms with Crippen LogP contribution in [0.2, 0.25) is 0 Å². The van der Waals surface area contributed by atoms with E-state index in [4.69, 9.17) is 10.2 Å². The molecule has 1 aliphatic carbocycles. The molecule has 6 heteroatoms. The molecule has 1 unspecified atom stereocenters. The Bertz CT molecular complexity index is 380. The molecule has 0 aromatic carbocycles. The van der Waals surface area contributed by atoms with Crippen molar-refractivity contribution in [1.82, 2.24) is 5.32 Å². The molecule has 3 atom stereocenters. The Morgan fingerprint density at radius 2 is 1.65 bits per heavy atom. The predicted octanol–water partition coefficient (Wildman–Crippen LogP) is 1.49. The number of hydrogen-bond donors (Lipinski definition) is 3. The van der Waals surface area contributed by atoms with Gasteiger partial charge in [-0.1, -0.05) is 26.7 Å². The van der Waals surface area contributed by atoms with E-state index >= 15 is 0 Å². The first-order valence-corrected chi connectivity index (χ1v) is 7.09. The summed E-state index contributed by atoms with van der Waals surface area (Å²) in [6.07, 6.45) is 2.94. The summed E-state index contributed by atoms with van der Waals surface area (Å²) < 4.78 is 0. The van der Waals surface area contributed by atoms with E-state index in [-0.39, 0.29) is 5.92 Å².